The van der Waals surface area contributed by atoms with Gasteiger partial charge < -0.3 is 25.0 Å². The first-order chi connectivity index (χ1) is 20.9. The van der Waals surface area contributed by atoms with Crippen molar-refractivity contribution in [2.75, 3.05) is 28.6 Å². The summed E-state index contributed by atoms with van der Waals surface area (Å²) in [5.41, 5.74) is 3.23. The van der Waals surface area contributed by atoms with Gasteiger partial charge in [0.25, 0.3) is 5.91 Å². The van der Waals surface area contributed by atoms with Gasteiger partial charge in [-0.25, -0.2) is 4.79 Å². The Bertz CT molecular complexity index is 1310. The SMILES string of the molecule is Cc1cc(N(CCBr)CCBr)ccc1-c1ccc(C(=O)N[C@@H](C)C(=O)N[C@@H](CCC(=O)OC(C)(C)C)C(=O)OC(C)(C)C)cc1. The predicted octanol–water partition coefficient (Wildman–Crippen LogP) is 6.32. The Morgan fingerprint density at radius 1 is 0.844 bits per heavy atom. The molecule has 2 N–H and O–H groups in total. The molecular formula is C34H47Br2N3O6. The van der Waals surface area contributed by atoms with E-state index in [4.69, 9.17) is 9.47 Å². The third-order valence-corrected chi connectivity index (χ3v) is 7.26. The zero-order valence-corrected chi connectivity index (χ0v) is 30.8. The number of hydrogen-bond donors (Lipinski definition) is 2. The Labute approximate surface area is 284 Å². The van der Waals surface area contributed by atoms with Gasteiger partial charge >= 0.3 is 11.9 Å². The number of carbonyl (C=O) groups is 4. The number of benzene rings is 2. The second-order valence-electron chi connectivity index (χ2n) is 12.9. The van der Waals surface area contributed by atoms with Crippen molar-refractivity contribution < 1.29 is 28.7 Å². The van der Waals surface area contributed by atoms with E-state index in [0.29, 0.717) is 5.56 Å². The van der Waals surface area contributed by atoms with Crippen LogP contribution in [-0.4, -0.2) is 70.8 Å². The lowest BCUT2D eigenvalue weighted by molar-refractivity contribution is -0.160. The van der Waals surface area contributed by atoms with Crippen molar-refractivity contribution >= 4 is 61.3 Å². The molecule has 11 heteroatoms. The highest BCUT2D eigenvalue weighted by molar-refractivity contribution is 9.09. The largest absolute Gasteiger partial charge is 0.460 e. The van der Waals surface area contributed by atoms with Gasteiger partial charge in [-0.1, -0.05) is 50.1 Å². The maximum Gasteiger partial charge on any atom is 0.329 e. The van der Waals surface area contributed by atoms with Crippen LogP contribution in [0, 0.1) is 6.92 Å². The highest BCUT2D eigenvalue weighted by atomic mass is 79.9. The summed E-state index contributed by atoms with van der Waals surface area (Å²) in [6, 6.07) is 11.5. The van der Waals surface area contributed by atoms with Gasteiger partial charge in [-0.05, 0) is 103 Å². The lowest BCUT2D eigenvalue weighted by atomic mass is 9.98. The number of rotatable bonds is 14. The number of anilines is 1. The van der Waals surface area contributed by atoms with Crippen LogP contribution in [0.2, 0.25) is 0 Å². The Morgan fingerprint density at radius 2 is 1.42 bits per heavy atom. The molecule has 0 bridgehead atoms. The Kier molecular flexibility index (Phi) is 14.6. The third-order valence-electron chi connectivity index (χ3n) is 6.55. The molecule has 2 atom stereocenters. The summed E-state index contributed by atoms with van der Waals surface area (Å²) in [6.45, 7) is 15.8. The summed E-state index contributed by atoms with van der Waals surface area (Å²) in [6.07, 6.45) is -0.105. The van der Waals surface area contributed by atoms with Gasteiger partial charge in [0.1, 0.15) is 23.3 Å². The molecule has 0 aromatic heterocycles. The lowest BCUT2D eigenvalue weighted by Crippen LogP contribution is -2.51. The number of esters is 2. The minimum absolute atomic E-state index is 0.0108. The molecule has 0 aliphatic rings. The Balaban J connectivity index is 2.09. The highest BCUT2D eigenvalue weighted by Crippen LogP contribution is 2.28. The average molecular weight is 754 g/mol. The van der Waals surface area contributed by atoms with Crippen LogP contribution in [-0.2, 0) is 23.9 Å². The summed E-state index contributed by atoms with van der Waals surface area (Å²) in [7, 11) is 0. The summed E-state index contributed by atoms with van der Waals surface area (Å²) >= 11 is 7.05. The van der Waals surface area contributed by atoms with Crippen LogP contribution in [0.3, 0.4) is 0 Å². The van der Waals surface area contributed by atoms with Crippen molar-refractivity contribution in [3.05, 3.63) is 53.6 Å². The number of aryl methyl sites for hydroxylation is 1. The smallest absolute Gasteiger partial charge is 0.329 e. The van der Waals surface area contributed by atoms with Crippen LogP contribution in [0.1, 0.15) is 77.2 Å². The van der Waals surface area contributed by atoms with Gasteiger partial charge in [-0.15, -0.1) is 0 Å². The fourth-order valence-electron chi connectivity index (χ4n) is 4.46. The molecule has 0 saturated heterocycles. The second kappa shape index (κ2) is 17.1. The number of ether oxygens (including phenoxy) is 2. The fraction of sp³-hybridized carbons (Fsp3) is 0.529. The molecule has 248 valence electrons. The number of nitrogens with one attached hydrogen (secondary N) is 2. The molecule has 9 nitrogen and oxygen atoms in total. The van der Waals surface area contributed by atoms with Gasteiger partial charge in [-0.2, -0.15) is 0 Å². The second-order valence-corrected chi connectivity index (χ2v) is 14.4. The minimum atomic E-state index is -1.09. The molecule has 2 rings (SSSR count). The maximum atomic E-state index is 13.0. The standard InChI is InChI=1S/C34H47Br2N3O6/c1-22-21-26(39(19-17-35)20-18-36)13-14-27(22)24-9-11-25(12-10-24)31(42)37-23(2)30(41)38-28(32(43)45-34(6,7)8)15-16-29(40)44-33(3,4)5/h9-14,21,23,28H,15-20H2,1-8H3,(H,37,42)(H,38,41)/t23-,28-/m0/s1. The lowest BCUT2D eigenvalue weighted by Gasteiger charge is -2.26. The van der Waals surface area contributed by atoms with E-state index in [9.17, 15) is 19.2 Å². The van der Waals surface area contributed by atoms with E-state index in [2.05, 4.69) is 72.5 Å². The van der Waals surface area contributed by atoms with Crippen LogP contribution >= 0.6 is 31.9 Å². The van der Waals surface area contributed by atoms with Crippen molar-refractivity contribution in [1.29, 1.82) is 0 Å². The van der Waals surface area contributed by atoms with Crippen molar-refractivity contribution in [2.24, 2.45) is 0 Å². The summed E-state index contributed by atoms with van der Waals surface area (Å²) < 4.78 is 10.8. The molecule has 2 amide bonds. The van der Waals surface area contributed by atoms with Crippen molar-refractivity contribution in [2.45, 2.75) is 91.5 Å². The van der Waals surface area contributed by atoms with Crippen LogP contribution in [0.5, 0.6) is 0 Å². The Morgan fingerprint density at radius 3 is 1.93 bits per heavy atom. The van der Waals surface area contributed by atoms with Gasteiger partial charge in [-0.3, -0.25) is 14.4 Å². The maximum absolute atomic E-state index is 13.0. The monoisotopic (exact) mass is 751 g/mol. The number of hydrogen-bond acceptors (Lipinski definition) is 7. The fourth-order valence-corrected chi connectivity index (χ4v) is 5.32. The van der Waals surface area contributed by atoms with Gasteiger partial charge in [0.15, 0.2) is 0 Å². The van der Waals surface area contributed by atoms with Gasteiger partial charge in [0, 0.05) is 41.4 Å². The first-order valence-corrected chi connectivity index (χ1v) is 17.3. The molecule has 0 heterocycles. The van der Waals surface area contributed by atoms with E-state index in [-0.39, 0.29) is 12.8 Å². The van der Waals surface area contributed by atoms with Crippen LogP contribution in [0.25, 0.3) is 11.1 Å². The molecule has 0 fully saturated rings. The molecule has 0 radical (unpaired) electrons. The molecule has 0 aliphatic carbocycles. The topological polar surface area (TPSA) is 114 Å². The third kappa shape index (κ3) is 13.1. The van der Waals surface area contributed by atoms with Crippen molar-refractivity contribution in [3.8, 4) is 11.1 Å². The zero-order chi connectivity index (χ0) is 33.9. The Hall–Kier alpha value is -2.92. The molecule has 0 spiro atoms. The van der Waals surface area contributed by atoms with Crippen molar-refractivity contribution in [3.63, 3.8) is 0 Å². The molecule has 2 aromatic carbocycles. The number of alkyl halides is 2. The molecule has 0 aliphatic heterocycles. The number of amides is 2. The van der Waals surface area contributed by atoms with E-state index in [1.165, 1.54) is 6.92 Å². The van der Waals surface area contributed by atoms with Crippen LogP contribution < -0.4 is 15.5 Å². The quantitative estimate of drug-likeness (QED) is 0.172. The van der Waals surface area contributed by atoms with E-state index in [0.717, 1.165) is 46.1 Å². The van der Waals surface area contributed by atoms with E-state index >= 15 is 0 Å². The predicted molar refractivity (Wildman–Crippen MR) is 186 cm³/mol. The molecular weight excluding hydrogens is 706 g/mol. The molecule has 0 unspecified atom stereocenters. The zero-order valence-electron chi connectivity index (χ0n) is 27.6. The first kappa shape index (κ1) is 38.3. The minimum Gasteiger partial charge on any atom is -0.460 e. The van der Waals surface area contributed by atoms with Crippen LogP contribution in [0.4, 0.5) is 5.69 Å². The number of carbonyl (C=O) groups excluding carboxylic acids is 4. The average Bonchev–Trinajstić information content (AvgIpc) is 2.93. The summed E-state index contributed by atoms with van der Waals surface area (Å²) in [5, 5.41) is 7.08. The molecule has 0 saturated carbocycles. The summed E-state index contributed by atoms with van der Waals surface area (Å²) in [4.78, 5) is 53.5. The van der Waals surface area contributed by atoms with E-state index in [1.807, 2.05) is 12.1 Å². The highest BCUT2D eigenvalue weighted by Gasteiger charge is 2.30. The van der Waals surface area contributed by atoms with Crippen molar-refractivity contribution in [1.82, 2.24) is 10.6 Å². The van der Waals surface area contributed by atoms with E-state index in [1.54, 1.807) is 53.7 Å². The summed E-state index contributed by atoms with van der Waals surface area (Å²) in [5.74, 6) is -2.17. The normalized spacial score (nSPS) is 12.9. The van der Waals surface area contributed by atoms with Gasteiger partial charge in [0.05, 0.1) is 0 Å². The number of halogens is 2. The first-order valence-electron chi connectivity index (χ1n) is 15.1. The number of nitrogens with zero attached hydrogens (tertiary/aromatic N) is 1. The van der Waals surface area contributed by atoms with Gasteiger partial charge in [0.2, 0.25) is 5.91 Å². The molecule has 45 heavy (non-hydrogen) atoms. The molecule has 2 aromatic rings. The van der Waals surface area contributed by atoms with Crippen LogP contribution in [0.15, 0.2) is 42.5 Å². The van der Waals surface area contributed by atoms with E-state index < -0.39 is 47.0 Å².